The molecule has 0 fully saturated rings. The molecule has 1 aromatic carbocycles. The normalized spacial score (nSPS) is 12.2. The first kappa shape index (κ1) is 16.1. The van der Waals surface area contributed by atoms with Crippen LogP contribution in [0, 0.1) is 0 Å². The topological polar surface area (TPSA) is 95.6 Å². The average Bonchev–Trinajstić information content (AvgIpc) is 2.37. The van der Waals surface area contributed by atoms with Crippen LogP contribution in [0.1, 0.15) is 6.42 Å². The van der Waals surface area contributed by atoms with Gasteiger partial charge in [-0.05, 0) is 18.2 Å². The number of anilines is 2. The van der Waals surface area contributed by atoms with E-state index in [1.807, 2.05) is 0 Å². The van der Waals surface area contributed by atoms with Crippen molar-refractivity contribution >= 4 is 40.6 Å². The number of carbonyl (C=O) groups excluding carboxylic acids is 1. The van der Waals surface area contributed by atoms with Crippen LogP contribution in [0.15, 0.2) is 18.2 Å². The van der Waals surface area contributed by atoms with Gasteiger partial charge in [-0.2, -0.15) is 11.8 Å². The maximum absolute atomic E-state index is 11.6. The fraction of sp³-hybridized carbons (Fsp3) is 0.417. The second-order valence-electron chi connectivity index (χ2n) is 3.94. The van der Waals surface area contributed by atoms with Crippen LogP contribution in [-0.2, 0) is 4.79 Å². The van der Waals surface area contributed by atoms with Gasteiger partial charge in [-0.3, -0.25) is 4.79 Å². The predicted molar refractivity (Wildman–Crippen MR) is 79.5 cm³/mol. The Morgan fingerprint density at radius 1 is 1.53 bits per heavy atom. The molecular formula is C12H17ClN2O3S. The number of rotatable bonds is 7. The van der Waals surface area contributed by atoms with Gasteiger partial charge < -0.3 is 21.3 Å². The van der Waals surface area contributed by atoms with Gasteiger partial charge in [-0.15, -0.1) is 0 Å². The minimum absolute atomic E-state index is 0.153. The van der Waals surface area contributed by atoms with Gasteiger partial charge in [-0.25, -0.2) is 0 Å². The summed E-state index contributed by atoms with van der Waals surface area (Å²) in [5, 5.41) is 21.0. The van der Waals surface area contributed by atoms with Crippen LogP contribution in [0.4, 0.5) is 11.4 Å². The van der Waals surface area contributed by atoms with Crippen molar-refractivity contribution in [3.05, 3.63) is 23.2 Å². The highest BCUT2D eigenvalue weighted by Crippen LogP contribution is 2.22. The number of hydrogen-bond acceptors (Lipinski definition) is 5. The second-order valence-corrected chi connectivity index (χ2v) is 5.53. The summed E-state index contributed by atoms with van der Waals surface area (Å²) in [6.07, 6.45) is -0.426. The molecule has 1 aromatic rings. The number of carbonyl (C=O) groups is 1. The van der Waals surface area contributed by atoms with Crippen LogP contribution < -0.4 is 11.1 Å². The standard InChI is InChI=1S/C12H17ClN2O3S/c13-8-1-2-11(10(14)5-8)15-12(18)3-4-19-7-9(17)6-16/h1-2,5,9,16-17H,3-4,6-7,14H2,(H,15,18). The van der Waals surface area contributed by atoms with Crippen LogP contribution in [-0.4, -0.2) is 40.3 Å². The number of hydrogen-bond donors (Lipinski definition) is 4. The van der Waals surface area contributed by atoms with E-state index < -0.39 is 6.10 Å². The summed E-state index contributed by atoms with van der Waals surface area (Å²) >= 11 is 7.17. The summed E-state index contributed by atoms with van der Waals surface area (Å²) in [5.74, 6) is 0.823. The number of nitrogens with two attached hydrogens (primary N) is 1. The highest BCUT2D eigenvalue weighted by atomic mass is 35.5. The summed E-state index contributed by atoms with van der Waals surface area (Å²) in [7, 11) is 0. The predicted octanol–water partition coefficient (Wildman–Crippen LogP) is 1.34. The number of nitrogen functional groups attached to an aromatic ring is 1. The lowest BCUT2D eigenvalue weighted by molar-refractivity contribution is -0.115. The molecule has 0 aliphatic rings. The molecule has 7 heteroatoms. The van der Waals surface area contributed by atoms with Crippen molar-refractivity contribution in [2.24, 2.45) is 0 Å². The molecule has 0 spiro atoms. The lowest BCUT2D eigenvalue weighted by Crippen LogP contribution is -2.17. The van der Waals surface area contributed by atoms with E-state index in [-0.39, 0.29) is 12.5 Å². The second kappa shape index (κ2) is 8.27. The minimum Gasteiger partial charge on any atom is -0.397 e. The lowest BCUT2D eigenvalue weighted by Gasteiger charge is -2.09. The van der Waals surface area contributed by atoms with Crippen LogP contribution >= 0.6 is 23.4 Å². The molecule has 0 bridgehead atoms. The van der Waals surface area contributed by atoms with E-state index in [2.05, 4.69) is 5.32 Å². The molecule has 0 aromatic heterocycles. The summed E-state index contributed by atoms with van der Waals surface area (Å²) in [5.41, 5.74) is 6.67. The van der Waals surface area contributed by atoms with Crippen molar-refractivity contribution in [1.29, 1.82) is 0 Å². The smallest absolute Gasteiger partial charge is 0.225 e. The fourth-order valence-electron chi connectivity index (χ4n) is 1.30. The summed E-state index contributed by atoms with van der Waals surface area (Å²) < 4.78 is 0. The van der Waals surface area contributed by atoms with E-state index in [1.165, 1.54) is 11.8 Å². The zero-order chi connectivity index (χ0) is 14.3. The Morgan fingerprint density at radius 2 is 2.26 bits per heavy atom. The fourth-order valence-corrected chi connectivity index (χ4v) is 2.35. The number of benzene rings is 1. The molecule has 0 saturated heterocycles. The SMILES string of the molecule is Nc1cc(Cl)ccc1NC(=O)CCSCC(O)CO. The zero-order valence-corrected chi connectivity index (χ0v) is 11.9. The number of aliphatic hydroxyl groups excluding tert-OH is 2. The Kier molecular flexibility index (Phi) is 7.01. The van der Waals surface area contributed by atoms with Gasteiger partial charge in [0.15, 0.2) is 0 Å². The van der Waals surface area contributed by atoms with Crippen molar-refractivity contribution in [1.82, 2.24) is 0 Å². The van der Waals surface area contributed by atoms with Crippen LogP contribution in [0.5, 0.6) is 0 Å². The van der Waals surface area contributed by atoms with E-state index >= 15 is 0 Å². The van der Waals surface area contributed by atoms with Crippen molar-refractivity contribution in [2.45, 2.75) is 12.5 Å². The number of aliphatic hydroxyl groups is 2. The van der Waals surface area contributed by atoms with Gasteiger partial charge in [0.05, 0.1) is 24.1 Å². The molecule has 1 amide bonds. The largest absolute Gasteiger partial charge is 0.397 e. The van der Waals surface area contributed by atoms with E-state index in [1.54, 1.807) is 18.2 Å². The number of thioether (sulfide) groups is 1. The molecular weight excluding hydrogens is 288 g/mol. The summed E-state index contributed by atoms with van der Waals surface area (Å²) in [4.78, 5) is 11.6. The highest BCUT2D eigenvalue weighted by Gasteiger charge is 2.07. The van der Waals surface area contributed by atoms with Crippen molar-refractivity contribution < 1.29 is 15.0 Å². The molecule has 0 heterocycles. The molecule has 0 radical (unpaired) electrons. The first-order chi connectivity index (χ1) is 9.02. The molecule has 1 unspecified atom stereocenters. The Morgan fingerprint density at radius 3 is 2.89 bits per heavy atom. The number of nitrogens with one attached hydrogen (secondary N) is 1. The van der Waals surface area contributed by atoms with Crippen LogP contribution in [0.3, 0.4) is 0 Å². The van der Waals surface area contributed by atoms with Gasteiger partial charge >= 0.3 is 0 Å². The third-order valence-electron chi connectivity index (χ3n) is 2.28. The highest BCUT2D eigenvalue weighted by molar-refractivity contribution is 7.99. The summed E-state index contributed by atoms with van der Waals surface area (Å²) in [6.45, 7) is -0.263. The maximum atomic E-state index is 11.6. The molecule has 5 nitrogen and oxygen atoms in total. The van der Waals surface area contributed by atoms with Gasteiger partial charge in [0.2, 0.25) is 5.91 Å². The van der Waals surface area contributed by atoms with E-state index in [9.17, 15) is 4.79 Å². The van der Waals surface area contributed by atoms with Crippen molar-refractivity contribution in [3.63, 3.8) is 0 Å². The Labute approximate surface area is 121 Å². The molecule has 0 saturated carbocycles. The third kappa shape index (κ3) is 6.15. The van der Waals surface area contributed by atoms with Gasteiger partial charge in [0.1, 0.15) is 0 Å². The molecule has 1 rings (SSSR count). The number of halogens is 1. The Balaban J connectivity index is 2.31. The van der Waals surface area contributed by atoms with Crippen LogP contribution in [0.25, 0.3) is 0 Å². The lowest BCUT2D eigenvalue weighted by atomic mass is 10.2. The van der Waals surface area contributed by atoms with Crippen molar-refractivity contribution in [2.75, 3.05) is 29.2 Å². The third-order valence-corrected chi connectivity index (χ3v) is 3.63. The number of amides is 1. The van der Waals surface area contributed by atoms with Gasteiger partial charge in [0, 0.05) is 22.9 Å². The Bertz CT molecular complexity index is 431. The Hall–Kier alpha value is -0.950. The first-order valence-electron chi connectivity index (χ1n) is 5.74. The van der Waals surface area contributed by atoms with Crippen molar-refractivity contribution in [3.8, 4) is 0 Å². The molecule has 106 valence electrons. The van der Waals surface area contributed by atoms with E-state index in [4.69, 9.17) is 27.5 Å². The average molecular weight is 305 g/mol. The van der Waals surface area contributed by atoms with Crippen LogP contribution in [0.2, 0.25) is 5.02 Å². The molecule has 5 N–H and O–H groups in total. The van der Waals surface area contributed by atoms with E-state index in [0.717, 1.165) is 0 Å². The van der Waals surface area contributed by atoms with Gasteiger partial charge in [-0.1, -0.05) is 11.6 Å². The molecule has 0 aliphatic heterocycles. The molecule has 19 heavy (non-hydrogen) atoms. The minimum atomic E-state index is -0.736. The zero-order valence-electron chi connectivity index (χ0n) is 10.3. The monoisotopic (exact) mass is 304 g/mol. The maximum Gasteiger partial charge on any atom is 0.225 e. The summed E-state index contributed by atoms with van der Waals surface area (Å²) in [6, 6.07) is 4.88. The van der Waals surface area contributed by atoms with Gasteiger partial charge in [0.25, 0.3) is 0 Å². The molecule has 1 atom stereocenters. The quantitative estimate of drug-likeness (QED) is 0.450. The first-order valence-corrected chi connectivity index (χ1v) is 7.27. The van der Waals surface area contributed by atoms with E-state index in [0.29, 0.717) is 34.3 Å². The molecule has 0 aliphatic carbocycles.